The predicted molar refractivity (Wildman–Crippen MR) is 87.2 cm³/mol. The second-order valence-corrected chi connectivity index (χ2v) is 9.36. The molecule has 8 atom stereocenters. The molecule has 4 saturated carbocycles. The average Bonchev–Trinajstić information content (AvgIpc) is 2.69. The molecule has 22 heavy (non-hydrogen) atoms. The Morgan fingerprint density at radius 2 is 1.77 bits per heavy atom. The van der Waals surface area contributed by atoms with Crippen LogP contribution in [0.15, 0.2) is 12.2 Å². The Bertz CT molecular complexity index is 484. The Hall–Kier alpha value is -0.370. The molecule has 4 rings (SSSR count). The van der Waals surface area contributed by atoms with Crippen LogP contribution in [0.2, 0.25) is 0 Å². The van der Waals surface area contributed by atoms with Crippen LogP contribution >= 0.6 is 0 Å². The largest absolute Gasteiger partial charge is 0.390 e. The van der Waals surface area contributed by atoms with Gasteiger partial charge in [-0.05, 0) is 98.9 Å². The summed E-state index contributed by atoms with van der Waals surface area (Å²) in [5.74, 6) is 3.51. The molecular weight excluding hydrogens is 275 g/mol. The molecule has 1 nitrogen and oxygen atoms in total. The highest BCUT2D eigenvalue weighted by atomic mass is 19.1. The van der Waals surface area contributed by atoms with E-state index in [9.17, 15) is 9.50 Å². The standard InChI is InChI=1S/C20H31FO/c1-12-18(21)10-17-16-5-4-13-11-19(2,22)8-6-14(13)15(16)7-9-20(12,17)3/h13-18,22H,1,4-11H2,2-3H3/t13-,14+,15-,16-,17+,18-,19-,20-/m1/s1. The van der Waals surface area contributed by atoms with E-state index in [1.165, 1.54) is 25.7 Å². The Morgan fingerprint density at radius 3 is 2.55 bits per heavy atom. The highest BCUT2D eigenvalue weighted by Crippen LogP contribution is 2.64. The SMILES string of the molecule is C=C1[C@H](F)C[C@H]2[C@@H]3CC[C@@H]4C[C@](C)(O)CC[C@@H]4[C@H]3CC[C@]12C. The molecule has 2 heteroatoms. The smallest absolute Gasteiger partial charge is 0.122 e. The third-order valence-electron chi connectivity index (χ3n) is 8.20. The molecular formula is C20H31FO. The molecule has 0 bridgehead atoms. The number of hydrogen-bond donors (Lipinski definition) is 1. The highest BCUT2D eigenvalue weighted by molar-refractivity contribution is 5.25. The van der Waals surface area contributed by atoms with Crippen molar-refractivity contribution in [1.29, 1.82) is 0 Å². The van der Waals surface area contributed by atoms with Gasteiger partial charge in [0.25, 0.3) is 0 Å². The molecule has 4 aliphatic rings. The fraction of sp³-hybridized carbons (Fsp3) is 0.900. The topological polar surface area (TPSA) is 20.2 Å². The van der Waals surface area contributed by atoms with Crippen molar-refractivity contribution in [3.8, 4) is 0 Å². The fourth-order valence-electron chi connectivity index (χ4n) is 6.96. The lowest BCUT2D eigenvalue weighted by Gasteiger charge is -2.56. The second kappa shape index (κ2) is 4.82. The van der Waals surface area contributed by atoms with E-state index in [4.69, 9.17) is 0 Å². The minimum atomic E-state index is -0.765. The Labute approximate surface area is 134 Å². The number of aliphatic hydroxyl groups is 1. The van der Waals surface area contributed by atoms with Crippen LogP contribution < -0.4 is 0 Å². The third kappa shape index (κ3) is 2.05. The van der Waals surface area contributed by atoms with Crippen molar-refractivity contribution in [2.45, 2.75) is 77.0 Å². The lowest BCUT2D eigenvalue weighted by Crippen LogP contribution is -2.49. The average molecular weight is 306 g/mol. The summed E-state index contributed by atoms with van der Waals surface area (Å²) in [4.78, 5) is 0. The molecule has 4 aliphatic carbocycles. The van der Waals surface area contributed by atoms with Gasteiger partial charge >= 0.3 is 0 Å². The minimum absolute atomic E-state index is 0.0631. The van der Waals surface area contributed by atoms with Crippen LogP contribution in [0.5, 0.6) is 0 Å². The van der Waals surface area contributed by atoms with E-state index in [1.54, 1.807) is 0 Å². The van der Waals surface area contributed by atoms with E-state index in [1.807, 2.05) is 6.92 Å². The van der Waals surface area contributed by atoms with Gasteiger partial charge < -0.3 is 5.11 Å². The number of fused-ring (bicyclic) bond motifs is 5. The van der Waals surface area contributed by atoms with E-state index >= 15 is 0 Å². The first-order valence-corrected chi connectivity index (χ1v) is 9.37. The first-order chi connectivity index (χ1) is 10.3. The van der Waals surface area contributed by atoms with Crippen molar-refractivity contribution in [2.24, 2.45) is 35.0 Å². The molecule has 0 aliphatic heterocycles. The maximum absolute atomic E-state index is 14.3. The van der Waals surface area contributed by atoms with Gasteiger partial charge in [-0.3, -0.25) is 0 Å². The number of halogens is 1. The quantitative estimate of drug-likeness (QED) is 0.631. The van der Waals surface area contributed by atoms with Gasteiger partial charge in [-0.2, -0.15) is 0 Å². The van der Waals surface area contributed by atoms with Crippen molar-refractivity contribution < 1.29 is 9.50 Å². The molecule has 0 heterocycles. The van der Waals surface area contributed by atoms with Crippen LogP contribution in [0.3, 0.4) is 0 Å². The van der Waals surface area contributed by atoms with E-state index in [0.29, 0.717) is 17.8 Å². The first-order valence-electron chi connectivity index (χ1n) is 9.37. The Morgan fingerprint density at radius 1 is 1.05 bits per heavy atom. The summed E-state index contributed by atoms with van der Waals surface area (Å²) >= 11 is 0. The van der Waals surface area contributed by atoms with Crippen LogP contribution in [0, 0.1) is 35.0 Å². The van der Waals surface area contributed by atoms with Crippen molar-refractivity contribution in [3.63, 3.8) is 0 Å². The lowest BCUT2D eigenvalue weighted by atomic mass is 9.49. The molecule has 0 aromatic heterocycles. The van der Waals surface area contributed by atoms with Crippen LogP contribution in [0.1, 0.15) is 65.2 Å². The van der Waals surface area contributed by atoms with Crippen molar-refractivity contribution in [2.75, 3.05) is 0 Å². The summed E-state index contributed by atoms with van der Waals surface area (Å²) in [7, 11) is 0. The van der Waals surface area contributed by atoms with Gasteiger partial charge in [-0.1, -0.05) is 13.5 Å². The van der Waals surface area contributed by atoms with Gasteiger partial charge in [-0.15, -0.1) is 0 Å². The van der Waals surface area contributed by atoms with E-state index in [-0.39, 0.29) is 5.41 Å². The van der Waals surface area contributed by atoms with Crippen LogP contribution in [0.25, 0.3) is 0 Å². The maximum atomic E-state index is 14.3. The second-order valence-electron chi connectivity index (χ2n) is 9.36. The number of rotatable bonds is 0. The Balaban J connectivity index is 1.58. The Kier molecular flexibility index (Phi) is 3.32. The number of allylic oxidation sites excluding steroid dienone is 1. The molecule has 1 N–H and O–H groups in total. The molecule has 0 amide bonds. The molecule has 0 saturated heterocycles. The molecule has 124 valence electrons. The van der Waals surface area contributed by atoms with Gasteiger partial charge in [0.15, 0.2) is 0 Å². The molecule has 0 aromatic carbocycles. The summed E-state index contributed by atoms with van der Waals surface area (Å²) in [5.41, 5.74) is 0.515. The summed E-state index contributed by atoms with van der Waals surface area (Å²) in [6.07, 6.45) is 7.98. The van der Waals surface area contributed by atoms with Gasteiger partial charge in [0.2, 0.25) is 0 Å². The molecule has 0 aromatic rings. The van der Waals surface area contributed by atoms with Gasteiger partial charge in [0.1, 0.15) is 6.17 Å². The summed E-state index contributed by atoms with van der Waals surface area (Å²) in [5, 5.41) is 10.4. The predicted octanol–water partition coefficient (Wildman–Crippen LogP) is 4.89. The summed E-state index contributed by atoms with van der Waals surface area (Å²) in [6, 6.07) is 0. The third-order valence-corrected chi connectivity index (χ3v) is 8.20. The number of hydrogen-bond acceptors (Lipinski definition) is 1. The van der Waals surface area contributed by atoms with E-state index in [2.05, 4.69) is 13.5 Å². The van der Waals surface area contributed by atoms with Crippen LogP contribution in [0.4, 0.5) is 4.39 Å². The fourth-order valence-corrected chi connectivity index (χ4v) is 6.96. The van der Waals surface area contributed by atoms with E-state index < -0.39 is 11.8 Å². The van der Waals surface area contributed by atoms with Gasteiger partial charge in [0.05, 0.1) is 5.60 Å². The maximum Gasteiger partial charge on any atom is 0.122 e. The summed E-state index contributed by atoms with van der Waals surface area (Å²) < 4.78 is 14.3. The molecule has 0 spiro atoms. The van der Waals surface area contributed by atoms with Crippen molar-refractivity contribution in [3.05, 3.63) is 12.2 Å². The molecule has 4 fully saturated rings. The normalized spacial score (nSPS) is 57.9. The van der Waals surface area contributed by atoms with Crippen LogP contribution in [-0.2, 0) is 0 Å². The van der Waals surface area contributed by atoms with E-state index in [0.717, 1.165) is 43.1 Å². The zero-order valence-electron chi connectivity index (χ0n) is 14.2. The lowest BCUT2D eigenvalue weighted by molar-refractivity contribution is -0.0901. The highest BCUT2D eigenvalue weighted by Gasteiger charge is 2.57. The molecule has 0 radical (unpaired) electrons. The van der Waals surface area contributed by atoms with Gasteiger partial charge in [0, 0.05) is 0 Å². The number of alkyl halides is 1. The zero-order valence-corrected chi connectivity index (χ0v) is 14.2. The molecule has 0 unspecified atom stereocenters. The zero-order chi connectivity index (χ0) is 15.7. The van der Waals surface area contributed by atoms with Crippen molar-refractivity contribution in [1.82, 2.24) is 0 Å². The van der Waals surface area contributed by atoms with Gasteiger partial charge in [-0.25, -0.2) is 4.39 Å². The van der Waals surface area contributed by atoms with Crippen molar-refractivity contribution >= 4 is 0 Å². The van der Waals surface area contributed by atoms with Crippen LogP contribution in [-0.4, -0.2) is 16.9 Å². The summed E-state index contributed by atoms with van der Waals surface area (Å²) in [6.45, 7) is 8.42. The monoisotopic (exact) mass is 306 g/mol. The first kappa shape index (κ1) is 15.2. The minimum Gasteiger partial charge on any atom is -0.390 e.